The molecule has 0 saturated heterocycles. The first-order chi connectivity index (χ1) is 8.58. The Morgan fingerprint density at radius 2 is 2.22 bits per heavy atom. The van der Waals surface area contributed by atoms with Crippen molar-refractivity contribution in [3.8, 4) is 5.75 Å². The number of benzene rings is 1. The van der Waals surface area contributed by atoms with Crippen LogP contribution in [0.1, 0.15) is 29.9 Å². The first-order valence-corrected chi connectivity index (χ1v) is 5.91. The minimum absolute atomic E-state index is 0.157. The number of hydrogen-bond donors (Lipinski definition) is 1. The summed E-state index contributed by atoms with van der Waals surface area (Å²) in [5.41, 5.74) is 8.12. The molecule has 96 valence electrons. The highest BCUT2D eigenvalue weighted by Gasteiger charge is 2.11. The number of rotatable bonds is 4. The van der Waals surface area contributed by atoms with Crippen molar-refractivity contribution < 1.29 is 9.37 Å². The number of nitrogens with zero attached hydrogens (tertiary/aromatic N) is 2. The van der Waals surface area contributed by atoms with Crippen LogP contribution in [-0.4, -0.2) is 10.3 Å². The summed E-state index contributed by atoms with van der Waals surface area (Å²) in [5.74, 6) is 0.691. The molecular formula is C12H14ClN3O2. The molecule has 6 heteroatoms. The third-order valence-electron chi connectivity index (χ3n) is 2.57. The van der Waals surface area contributed by atoms with Crippen LogP contribution >= 0.6 is 11.6 Å². The predicted octanol–water partition coefficient (Wildman–Crippen LogP) is 2.63. The Hall–Kier alpha value is -1.59. The lowest BCUT2D eigenvalue weighted by Crippen LogP contribution is -2.08. The van der Waals surface area contributed by atoms with Crippen LogP contribution in [0.4, 0.5) is 0 Å². The van der Waals surface area contributed by atoms with Crippen LogP contribution in [0.15, 0.2) is 22.8 Å². The summed E-state index contributed by atoms with van der Waals surface area (Å²) in [6.07, 6.45) is 0. The van der Waals surface area contributed by atoms with Crippen molar-refractivity contribution in [1.29, 1.82) is 0 Å². The fourth-order valence-electron chi connectivity index (χ4n) is 1.53. The summed E-state index contributed by atoms with van der Waals surface area (Å²) in [4.78, 5) is 0. The van der Waals surface area contributed by atoms with Crippen LogP contribution < -0.4 is 10.5 Å². The monoisotopic (exact) mass is 267 g/mol. The van der Waals surface area contributed by atoms with E-state index in [2.05, 4.69) is 14.9 Å². The van der Waals surface area contributed by atoms with Gasteiger partial charge in [-0.15, -0.1) is 0 Å². The molecule has 0 spiro atoms. The minimum Gasteiger partial charge on any atom is -0.487 e. The van der Waals surface area contributed by atoms with E-state index in [-0.39, 0.29) is 12.6 Å². The van der Waals surface area contributed by atoms with Gasteiger partial charge in [-0.1, -0.05) is 21.9 Å². The molecular weight excluding hydrogens is 254 g/mol. The zero-order chi connectivity index (χ0) is 13.1. The van der Waals surface area contributed by atoms with Gasteiger partial charge in [0.25, 0.3) is 0 Å². The van der Waals surface area contributed by atoms with Crippen LogP contribution in [0.25, 0.3) is 0 Å². The smallest absolute Gasteiger partial charge is 0.145 e. The van der Waals surface area contributed by atoms with Gasteiger partial charge < -0.3 is 10.5 Å². The molecule has 1 aromatic carbocycles. The van der Waals surface area contributed by atoms with Gasteiger partial charge in [0.2, 0.25) is 0 Å². The van der Waals surface area contributed by atoms with Gasteiger partial charge in [-0.25, -0.2) is 4.63 Å². The quantitative estimate of drug-likeness (QED) is 0.922. The van der Waals surface area contributed by atoms with E-state index in [4.69, 9.17) is 22.1 Å². The van der Waals surface area contributed by atoms with E-state index in [9.17, 15) is 0 Å². The second kappa shape index (κ2) is 5.37. The summed E-state index contributed by atoms with van der Waals surface area (Å²) in [5, 5.41) is 8.08. The number of aryl methyl sites for hydroxylation is 1. The van der Waals surface area contributed by atoms with Crippen molar-refractivity contribution in [3.63, 3.8) is 0 Å². The third kappa shape index (κ3) is 2.80. The molecule has 0 saturated carbocycles. The number of hydrogen-bond acceptors (Lipinski definition) is 5. The average Bonchev–Trinajstić information content (AvgIpc) is 2.73. The highest BCUT2D eigenvalue weighted by atomic mass is 35.5. The fraction of sp³-hybridized carbons (Fsp3) is 0.333. The van der Waals surface area contributed by atoms with Crippen molar-refractivity contribution in [2.75, 3.05) is 0 Å². The lowest BCUT2D eigenvalue weighted by atomic mass is 10.1. The maximum Gasteiger partial charge on any atom is 0.145 e. The summed E-state index contributed by atoms with van der Waals surface area (Å²) >= 11 is 5.94. The first kappa shape index (κ1) is 12.9. The second-order valence-corrected chi connectivity index (χ2v) is 4.49. The number of nitrogens with two attached hydrogens (primary N) is 1. The number of aromatic nitrogens is 2. The van der Waals surface area contributed by atoms with Crippen molar-refractivity contribution in [1.82, 2.24) is 10.3 Å². The average molecular weight is 268 g/mol. The van der Waals surface area contributed by atoms with Gasteiger partial charge in [0.05, 0.1) is 0 Å². The van der Waals surface area contributed by atoms with Crippen LogP contribution in [0.2, 0.25) is 5.02 Å². The molecule has 0 aliphatic carbocycles. The summed E-state index contributed by atoms with van der Waals surface area (Å²) in [7, 11) is 0. The lowest BCUT2D eigenvalue weighted by molar-refractivity contribution is 0.268. The molecule has 1 aromatic heterocycles. The summed E-state index contributed by atoms with van der Waals surface area (Å²) in [6, 6.07) is 5.20. The molecule has 2 rings (SSSR count). The molecule has 0 radical (unpaired) electrons. The summed E-state index contributed by atoms with van der Waals surface area (Å²) in [6.45, 7) is 3.97. The van der Waals surface area contributed by atoms with Crippen molar-refractivity contribution in [2.24, 2.45) is 5.73 Å². The molecule has 0 amide bonds. The summed E-state index contributed by atoms with van der Waals surface area (Å²) < 4.78 is 10.3. The zero-order valence-electron chi connectivity index (χ0n) is 10.2. The van der Waals surface area contributed by atoms with Gasteiger partial charge in [-0.05, 0) is 32.0 Å². The van der Waals surface area contributed by atoms with Gasteiger partial charge in [0, 0.05) is 16.6 Å². The molecule has 5 nitrogen and oxygen atoms in total. The Morgan fingerprint density at radius 1 is 1.44 bits per heavy atom. The van der Waals surface area contributed by atoms with Crippen molar-refractivity contribution >= 4 is 11.6 Å². The topological polar surface area (TPSA) is 74.2 Å². The zero-order valence-corrected chi connectivity index (χ0v) is 10.9. The van der Waals surface area contributed by atoms with E-state index < -0.39 is 0 Å². The highest BCUT2D eigenvalue weighted by molar-refractivity contribution is 6.30. The van der Waals surface area contributed by atoms with Gasteiger partial charge in [0.1, 0.15) is 23.7 Å². The van der Waals surface area contributed by atoms with Gasteiger partial charge in [-0.2, -0.15) is 0 Å². The molecule has 1 heterocycles. The molecule has 2 N–H and O–H groups in total. The maximum atomic E-state index is 5.94. The fourth-order valence-corrected chi connectivity index (χ4v) is 1.71. The second-order valence-electron chi connectivity index (χ2n) is 4.06. The normalized spacial score (nSPS) is 12.4. The molecule has 1 unspecified atom stereocenters. The number of halogens is 1. The Labute approximate surface area is 110 Å². The molecule has 1 atom stereocenters. The Balaban J connectivity index is 2.16. The van der Waals surface area contributed by atoms with E-state index in [1.165, 1.54) is 0 Å². The van der Waals surface area contributed by atoms with Crippen molar-refractivity contribution in [2.45, 2.75) is 26.5 Å². The standard InChI is InChI=1S/C12H14ClN3O2/c1-7(14)10-5-9(13)3-4-12(10)17-6-11-8(2)15-18-16-11/h3-5,7H,6,14H2,1-2H3. The van der Waals surface area contributed by atoms with Crippen LogP contribution in [0.5, 0.6) is 5.75 Å². The van der Waals surface area contributed by atoms with Gasteiger partial charge in [-0.3, -0.25) is 0 Å². The third-order valence-corrected chi connectivity index (χ3v) is 2.81. The highest BCUT2D eigenvalue weighted by Crippen LogP contribution is 2.27. The molecule has 0 aliphatic heterocycles. The van der Waals surface area contributed by atoms with Crippen molar-refractivity contribution in [3.05, 3.63) is 40.2 Å². The van der Waals surface area contributed by atoms with Gasteiger partial charge in [0.15, 0.2) is 0 Å². The van der Waals surface area contributed by atoms with E-state index in [0.717, 1.165) is 5.56 Å². The maximum absolute atomic E-state index is 5.94. The van der Waals surface area contributed by atoms with E-state index >= 15 is 0 Å². The van der Waals surface area contributed by atoms with Gasteiger partial charge >= 0.3 is 0 Å². The first-order valence-electron chi connectivity index (χ1n) is 5.54. The van der Waals surface area contributed by atoms with Crippen LogP contribution in [-0.2, 0) is 6.61 Å². The molecule has 0 bridgehead atoms. The Bertz CT molecular complexity index is 540. The molecule has 0 fully saturated rings. The Kier molecular flexibility index (Phi) is 3.84. The lowest BCUT2D eigenvalue weighted by Gasteiger charge is -2.13. The Morgan fingerprint density at radius 3 is 2.83 bits per heavy atom. The number of ether oxygens (including phenoxy) is 1. The van der Waals surface area contributed by atoms with Crippen LogP contribution in [0, 0.1) is 6.92 Å². The van der Waals surface area contributed by atoms with E-state index in [1.54, 1.807) is 18.2 Å². The largest absolute Gasteiger partial charge is 0.487 e. The van der Waals surface area contributed by atoms with E-state index in [0.29, 0.717) is 22.2 Å². The predicted molar refractivity (Wildman–Crippen MR) is 67.4 cm³/mol. The molecule has 0 aliphatic rings. The SMILES string of the molecule is Cc1nonc1COc1ccc(Cl)cc1C(C)N. The molecule has 18 heavy (non-hydrogen) atoms. The van der Waals surface area contributed by atoms with Crippen LogP contribution in [0.3, 0.4) is 0 Å². The van der Waals surface area contributed by atoms with E-state index in [1.807, 2.05) is 13.8 Å². The minimum atomic E-state index is -0.157. The molecule has 2 aromatic rings.